The molecule has 0 aromatic rings. The average molecular weight is 202 g/mol. The molecule has 1 amide bonds. The van der Waals surface area contributed by atoms with Crippen molar-refractivity contribution in [3.63, 3.8) is 0 Å². The van der Waals surface area contributed by atoms with Crippen LogP contribution >= 0.6 is 0 Å². The van der Waals surface area contributed by atoms with E-state index in [1.165, 1.54) is 0 Å². The molecule has 0 radical (unpaired) electrons. The number of esters is 1. The topological polar surface area (TPSA) is 81.4 Å². The standard InChI is InChI=1S/C9H18N2O3/c1-3-7(10)9(13)11-6-5-8(12)14-4-2/h7H,3-6,10H2,1-2H3,(H,11,13). The van der Waals surface area contributed by atoms with Crippen molar-refractivity contribution in [2.45, 2.75) is 32.7 Å². The first kappa shape index (κ1) is 12.9. The molecule has 0 rings (SSSR count). The molecule has 5 heteroatoms. The van der Waals surface area contributed by atoms with E-state index in [-0.39, 0.29) is 24.8 Å². The van der Waals surface area contributed by atoms with Crippen LogP contribution in [0.1, 0.15) is 26.7 Å². The molecule has 3 N–H and O–H groups in total. The molecule has 1 unspecified atom stereocenters. The van der Waals surface area contributed by atoms with Gasteiger partial charge in [-0.15, -0.1) is 0 Å². The first-order valence-corrected chi connectivity index (χ1v) is 4.80. The van der Waals surface area contributed by atoms with E-state index in [2.05, 4.69) is 10.1 Å². The maximum atomic E-state index is 11.1. The van der Waals surface area contributed by atoms with E-state index >= 15 is 0 Å². The smallest absolute Gasteiger partial charge is 0.307 e. The van der Waals surface area contributed by atoms with Gasteiger partial charge in [0.2, 0.25) is 5.91 Å². The van der Waals surface area contributed by atoms with E-state index in [4.69, 9.17) is 5.73 Å². The summed E-state index contributed by atoms with van der Waals surface area (Å²) in [6, 6.07) is -0.489. The molecule has 14 heavy (non-hydrogen) atoms. The van der Waals surface area contributed by atoms with Crippen molar-refractivity contribution in [1.29, 1.82) is 0 Å². The van der Waals surface area contributed by atoms with E-state index in [0.717, 1.165) is 0 Å². The lowest BCUT2D eigenvalue weighted by molar-refractivity contribution is -0.143. The Morgan fingerprint density at radius 1 is 1.43 bits per heavy atom. The Morgan fingerprint density at radius 3 is 2.57 bits per heavy atom. The van der Waals surface area contributed by atoms with E-state index in [0.29, 0.717) is 13.0 Å². The van der Waals surface area contributed by atoms with Gasteiger partial charge in [-0.3, -0.25) is 9.59 Å². The number of rotatable bonds is 6. The highest BCUT2D eigenvalue weighted by atomic mass is 16.5. The molecule has 0 aromatic carbocycles. The highest BCUT2D eigenvalue weighted by molar-refractivity contribution is 5.81. The summed E-state index contributed by atoms with van der Waals surface area (Å²) in [7, 11) is 0. The number of hydrogen-bond donors (Lipinski definition) is 2. The van der Waals surface area contributed by atoms with Gasteiger partial charge in [0.15, 0.2) is 0 Å². The number of hydrogen-bond acceptors (Lipinski definition) is 4. The fourth-order valence-corrected chi connectivity index (χ4v) is 0.837. The molecular weight excluding hydrogens is 184 g/mol. The van der Waals surface area contributed by atoms with Gasteiger partial charge in [-0.2, -0.15) is 0 Å². The predicted molar refractivity (Wildman–Crippen MR) is 52.5 cm³/mol. The van der Waals surface area contributed by atoms with Gasteiger partial charge in [0.25, 0.3) is 0 Å². The van der Waals surface area contributed by atoms with Crippen LogP contribution in [-0.4, -0.2) is 31.1 Å². The van der Waals surface area contributed by atoms with Gasteiger partial charge in [0.1, 0.15) is 0 Å². The summed E-state index contributed by atoms with van der Waals surface area (Å²) < 4.78 is 4.69. The molecule has 0 aromatic heterocycles. The number of carbonyl (C=O) groups excluding carboxylic acids is 2. The zero-order valence-corrected chi connectivity index (χ0v) is 8.71. The van der Waals surface area contributed by atoms with Crippen LogP contribution in [0.15, 0.2) is 0 Å². The minimum Gasteiger partial charge on any atom is -0.466 e. The van der Waals surface area contributed by atoms with Crippen molar-refractivity contribution >= 4 is 11.9 Å². The molecule has 0 heterocycles. The third-order valence-electron chi connectivity index (χ3n) is 1.71. The molecule has 0 saturated carbocycles. The Balaban J connectivity index is 3.54. The van der Waals surface area contributed by atoms with Crippen LogP contribution in [0.4, 0.5) is 0 Å². The zero-order valence-electron chi connectivity index (χ0n) is 8.71. The molecule has 0 aliphatic rings. The Kier molecular flexibility index (Phi) is 6.74. The summed E-state index contributed by atoms with van der Waals surface area (Å²) in [5.41, 5.74) is 5.46. The largest absolute Gasteiger partial charge is 0.466 e. The van der Waals surface area contributed by atoms with Gasteiger partial charge in [-0.25, -0.2) is 0 Å². The van der Waals surface area contributed by atoms with E-state index in [9.17, 15) is 9.59 Å². The first-order chi connectivity index (χ1) is 6.61. The third-order valence-corrected chi connectivity index (χ3v) is 1.71. The zero-order chi connectivity index (χ0) is 11.0. The summed E-state index contributed by atoms with van der Waals surface area (Å²) in [4.78, 5) is 22.0. The summed E-state index contributed by atoms with van der Waals surface area (Å²) in [6.07, 6.45) is 0.779. The highest BCUT2D eigenvalue weighted by Gasteiger charge is 2.10. The molecule has 82 valence electrons. The number of nitrogens with one attached hydrogen (secondary N) is 1. The van der Waals surface area contributed by atoms with Crippen molar-refractivity contribution in [1.82, 2.24) is 5.32 Å². The SMILES string of the molecule is CCOC(=O)CCNC(=O)C(N)CC. The van der Waals surface area contributed by atoms with Gasteiger partial charge in [0.05, 0.1) is 19.1 Å². The second-order valence-corrected chi connectivity index (χ2v) is 2.86. The van der Waals surface area contributed by atoms with Crippen molar-refractivity contribution in [3.05, 3.63) is 0 Å². The molecule has 0 aliphatic heterocycles. The van der Waals surface area contributed by atoms with E-state index in [1.54, 1.807) is 6.92 Å². The second kappa shape index (κ2) is 7.32. The molecule has 0 bridgehead atoms. The number of nitrogens with two attached hydrogens (primary N) is 1. The van der Waals surface area contributed by atoms with E-state index < -0.39 is 6.04 Å². The van der Waals surface area contributed by atoms with Gasteiger partial charge in [-0.05, 0) is 13.3 Å². The van der Waals surface area contributed by atoms with Crippen molar-refractivity contribution < 1.29 is 14.3 Å². The lowest BCUT2D eigenvalue weighted by atomic mass is 10.2. The van der Waals surface area contributed by atoms with Gasteiger partial charge in [0, 0.05) is 6.54 Å². The van der Waals surface area contributed by atoms with Gasteiger partial charge in [-0.1, -0.05) is 6.92 Å². The van der Waals surface area contributed by atoms with Crippen LogP contribution in [-0.2, 0) is 14.3 Å². The molecule has 0 saturated heterocycles. The Labute approximate surface area is 84.0 Å². The van der Waals surface area contributed by atoms with Crippen molar-refractivity contribution in [2.75, 3.05) is 13.2 Å². The Hall–Kier alpha value is -1.10. The Bertz CT molecular complexity index is 194. The van der Waals surface area contributed by atoms with E-state index in [1.807, 2.05) is 6.92 Å². The fourth-order valence-electron chi connectivity index (χ4n) is 0.837. The summed E-state index contributed by atoms with van der Waals surface area (Å²) >= 11 is 0. The van der Waals surface area contributed by atoms with Gasteiger partial charge < -0.3 is 15.8 Å². The summed E-state index contributed by atoms with van der Waals surface area (Å²) in [5.74, 6) is -0.533. The second-order valence-electron chi connectivity index (χ2n) is 2.86. The summed E-state index contributed by atoms with van der Waals surface area (Å²) in [5, 5.41) is 2.56. The molecular formula is C9H18N2O3. The van der Waals surface area contributed by atoms with Crippen LogP contribution < -0.4 is 11.1 Å². The average Bonchev–Trinajstić information content (AvgIpc) is 2.16. The molecule has 0 aliphatic carbocycles. The normalized spacial score (nSPS) is 11.9. The lowest BCUT2D eigenvalue weighted by Crippen LogP contribution is -2.40. The maximum Gasteiger partial charge on any atom is 0.307 e. The highest BCUT2D eigenvalue weighted by Crippen LogP contribution is 1.88. The quantitative estimate of drug-likeness (QED) is 0.584. The minimum absolute atomic E-state index is 0.190. The predicted octanol–water partition coefficient (Wildman–Crippen LogP) is -0.207. The number of ether oxygens (including phenoxy) is 1. The maximum absolute atomic E-state index is 11.1. The minimum atomic E-state index is -0.489. The first-order valence-electron chi connectivity index (χ1n) is 4.80. The number of amides is 1. The van der Waals surface area contributed by atoms with Crippen LogP contribution in [0.5, 0.6) is 0 Å². The summed E-state index contributed by atoms with van der Waals surface area (Å²) in [6.45, 7) is 4.21. The van der Waals surface area contributed by atoms with Crippen LogP contribution in [0.25, 0.3) is 0 Å². The van der Waals surface area contributed by atoms with Crippen LogP contribution in [0.3, 0.4) is 0 Å². The third kappa shape index (κ3) is 5.53. The van der Waals surface area contributed by atoms with Gasteiger partial charge >= 0.3 is 5.97 Å². The molecule has 1 atom stereocenters. The Morgan fingerprint density at radius 2 is 2.07 bits per heavy atom. The lowest BCUT2D eigenvalue weighted by Gasteiger charge is -2.09. The molecule has 0 spiro atoms. The van der Waals surface area contributed by atoms with Crippen molar-refractivity contribution in [3.8, 4) is 0 Å². The fraction of sp³-hybridized carbons (Fsp3) is 0.778. The molecule has 5 nitrogen and oxygen atoms in total. The van der Waals surface area contributed by atoms with Crippen LogP contribution in [0, 0.1) is 0 Å². The number of carbonyl (C=O) groups is 2. The molecule has 0 fully saturated rings. The van der Waals surface area contributed by atoms with Crippen LogP contribution in [0.2, 0.25) is 0 Å². The monoisotopic (exact) mass is 202 g/mol. The van der Waals surface area contributed by atoms with Crippen molar-refractivity contribution in [2.24, 2.45) is 5.73 Å².